The molecular formula is C21H25NO3. The lowest BCUT2D eigenvalue weighted by atomic mass is 9.90. The molecule has 1 aliphatic rings. The summed E-state index contributed by atoms with van der Waals surface area (Å²) in [7, 11) is 0. The molecule has 1 saturated heterocycles. The maximum absolute atomic E-state index is 12.4. The Labute approximate surface area is 149 Å². The topological polar surface area (TPSA) is 49.8 Å². The molecule has 4 nitrogen and oxygen atoms in total. The molecule has 132 valence electrons. The van der Waals surface area contributed by atoms with E-state index in [1.807, 2.05) is 55.5 Å². The van der Waals surface area contributed by atoms with Gasteiger partial charge < -0.3 is 9.84 Å². The van der Waals surface area contributed by atoms with E-state index in [4.69, 9.17) is 4.74 Å². The van der Waals surface area contributed by atoms with Gasteiger partial charge in [0.2, 0.25) is 0 Å². The van der Waals surface area contributed by atoms with Crippen LogP contribution in [0.2, 0.25) is 0 Å². The fourth-order valence-corrected chi connectivity index (χ4v) is 3.48. The van der Waals surface area contributed by atoms with E-state index in [0.29, 0.717) is 13.2 Å². The van der Waals surface area contributed by atoms with Crippen LogP contribution in [0.5, 0.6) is 0 Å². The van der Waals surface area contributed by atoms with Crippen molar-refractivity contribution in [3.8, 4) is 0 Å². The van der Waals surface area contributed by atoms with Crippen molar-refractivity contribution in [3.63, 3.8) is 0 Å². The molecule has 1 fully saturated rings. The number of carbonyl (C=O) groups excluding carboxylic acids is 1. The third-order valence-electron chi connectivity index (χ3n) is 5.04. The van der Waals surface area contributed by atoms with E-state index in [2.05, 4.69) is 17.0 Å². The molecule has 2 aromatic rings. The average molecular weight is 339 g/mol. The first kappa shape index (κ1) is 17.6. The average Bonchev–Trinajstić information content (AvgIpc) is 3.11. The van der Waals surface area contributed by atoms with Crippen LogP contribution in [0.3, 0.4) is 0 Å². The lowest BCUT2D eigenvalue weighted by Gasteiger charge is -2.22. The molecule has 3 rings (SSSR count). The first-order valence-corrected chi connectivity index (χ1v) is 8.79. The number of ether oxygens (including phenoxy) is 1. The van der Waals surface area contributed by atoms with E-state index in [0.717, 1.165) is 12.1 Å². The summed E-state index contributed by atoms with van der Waals surface area (Å²) in [5.74, 6) is 0.177. The van der Waals surface area contributed by atoms with Crippen molar-refractivity contribution in [1.29, 1.82) is 0 Å². The molecular weight excluding hydrogens is 314 g/mol. The molecule has 25 heavy (non-hydrogen) atoms. The van der Waals surface area contributed by atoms with Crippen LogP contribution in [-0.4, -0.2) is 41.7 Å². The molecule has 0 saturated carbocycles. The zero-order valence-electron chi connectivity index (χ0n) is 14.5. The minimum absolute atomic E-state index is 0.127. The molecule has 3 atom stereocenters. The predicted molar refractivity (Wildman–Crippen MR) is 97.0 cm³/mol. The zero-order valence-corrected chi connectivity index (χ0v) is 14.5. The van der Waals surface area contributed by atoms with Gasteiger partial charge in [0.15, 0.2) is 0 Å². The number of carbonyl (C=O) groups is 1. The molecule has 0 bridgehead atoms. The van der Waals surface area contributed by atoms with Crippen molar-refractivity contribution in [2.24, 2.45) is 5.92 Å². The van der Waals surface area contributed by atoms with E-state index in [1.54, 1.807) is 0 Å². The van der Waals surface area contributed by atoms with E-state index in [-0.39, 0.29) is 30.5 Å². The summed E-state index contributed by atoms with van der Waals surface area (Å²) < 4.78 is 5.47. The number of esters is 1. The van der Waals surface area contributed by atoms with E-state index >= 15 is 0 Å². The van der Waals surface area contributed by atoms with E-state index in [1.165, 1.54) is 5.56 Å². The molecule has 0 unspecified atom stereocenters. The first-order chi connectivity index (χ1) is 12.2. The zero-order chi connectivity index (χ0) is 17.6. The highest BCUT2D eigenvalue weighted by Crippen LogP contribution is 2.33. The maximum Gasteiger partial charge on any atom is 0.323 e. The van der Waals surface area contributed by atoms with Gasteiger partial charge in [0.25, 0.3) is 0 Å². The SMILES string of the molecule is C[C@H](C(=O)OCc1ccccc1)N1C[C@H](CO)[C@@H](c2ccccc2)C1. The first-order valence-electron chi connectivity index (χ1n) is 8.79. The van der Waals surface area contributed by atoms with Gasteiger partial charge in [0.05, 0.1) is 0 Å². The second kappa shape index (κ2) is 8.28. The van der Waals surface area contributed by atoms with Crippen LogP contribution in [0.4, 0.5) is 0 Å². The summed E-state index contributed by atoms with van der Waals surface area (Å²) in [5, 5.41) is 9.75. The summed E-state index contributed by atoms with van der Waals surface area (Å²) in [6.07, 6.45) is 0. The number of aliphatic hydroxyl groups excluding tert-OH is 1. The minimum Gasteiger partial charge on any atom is -0.460 e. The van der Waals surface area contributed by atoms with Gasteiger partial charge in [-0.1, -0.05) is 60.7 Å². The summed E-state index contributed by atoms with van der Waals surface area (Å²) in [4.78, 5) is 14.5. The second-order valence-corrected chi connectivity index (χ2v) is 6.68. The van der Waals surface area contributed by atoms with Crippen molar-refractivity contribution in [2.75, 3.05) is 19.7 Å². The highest BCUT2D eigenvalue weighted by Gasteiger charge is 2.37. The highest BCUT2D eigenvalue weighted by molar-refractivity contribution is 5.75. The summed E-state index contributed by atoms with van der Waals surface area (Å²) in [6, 6.07) is 19.6. The predicted octanol–water partition coefficient (Wildman–Crippen LogP) is 2.83. The van der Waals surface area contributed by atoms with Gasteiger partial charge in [-0.25, -0.2) is 0 Å². The quantitative estimate of drug-likeness (QED) is 0.822. The Bertz CT molecular complexity index is 674. The Hall–Kier alpha value is -2.17. The third kappa shape index (κ3) is 4.27. The normalized spacial score (nSPS) is 21.8. The molecule has 0 spiro atoms. The number of aliphatic hydroxyl groups is 1. The Morgan fingerprint density at radius 3 is 2.40 bits per heavy atom. The van der Waals surface area contributed by atoms with Crippen molar-refractivity contribution < 1.29 is 14.6 Å². The van der Waals surface area contributed by atoms with Gasteiger partial charge in [-0.2, -0.15) is 0 Å². The molecule has 0 radical (unpaired) electrons. The molecule has 2 aromatic carbocycles. The number of rotatable bonds is 6. The number of benzene rings is 2. The van der Waals surface area contributed by atoms with Gasteiger partial charge in [0, 0.05) is 31.5 Å². The number of hydrogen-bond donors (Lipinski definition) is 1. The number of nitrogens with zero attached hydrogens (tertiary/aromatic N) is 1. The van der Waals surface area contributed by atoms with E-state index in [9.17, 15) is 9.90 Å². The number of hydrogen-bond acceptors (Lipinski definition) is 4. The highest BCUT2D eigenvalue weighted by atomic mass is 16.5. The minimum atomic E-state index is -0.313. The van der Waals surface area contributed by atoms with Crippen LogP contribution in [0.15, 0.2) is 60.7 Å². The van der Waals surface area contributed by atoms with Crippen LogP contribution in [0.25, 0.3) is 0 Å². The fourth-order valence-electron chi connectivity index (χ4n) is 3.48. The van der Waals surface area contributed by atoms with Crippen molar-refractivity contribution in [1.82, 2.24) is 4.90 Å². The summed E-state index contributed by atoms with van der Waals surface area (Å²) in [5.41, 5.74) is 2.20. The van der Waals surface area contributed by atoms with E-state index < -0.39 is 0 Å². The molecule has 1 heterocycles. The summed E-state index contributed by atoms with van der Waals surface area (Å²) in [6.45, 7) is 3.77. The Morgan fingerprint density at radius 2 is 1.76 bits per heavy atom. The van der Waals surface area contributed by atoms with Gasteiger partial charge in [0.1, 0.15) is 12.6 Å². The molecule has 0 aromatic heterocycles. The molecule has 0 aliphatic carbocycles. The lowest BCUT2D eigenvalue weighted by molar-refractivity contribution is -0.150. The van der Waals surface area contributed by atoms with Crippen LogP contribution in [0, 0.1) is 5.92 Å². The van der Waals surface area contributed by atoms with Crippen molar-refractivity contribution in [2.45, 2.75) is 25.5 Å². The van der Waals surface area contributed by atoms with Gasteiger partial charge >= 0.3 is 5.97 Å². The number of likely N-dealkylation sites (tertiary alicyclic amines) is 1. The largest absolute Gasteiger partial charge is 0.460 e. The van der Waals surface area contributed by atoms with Gasteiger partial charge in [-0.3, -0.25) is 9.69 Å². The van der Waals surface area contributed by atoms with Gasteiger partial charge in [-0.15, -0.1) is 0 Å². The molecule has 1 N–H and O–H groups in total. The van der Waals surface area contributed by atoms with Crippen LogP contribution < -0.4 is 0 Å². The van der Waals surface area contributed by atoms with Crippen molar-refractivity contribution >= 4 is 5.97 Å². The standard InChI is InChI=1S/C21H25NO3/c1-16(21(24)25-15-17-8-4-2-5-9-17)22-12-19(14-23)20(13-22)18-10-6-3-7-11-18/h2-11,16,19-20,23H,12-15H2,1H3/t16-,19-,20-/m1/s1. The van der Waals surface area contributed by atoms with Gasteiger partial charge in [-0.05, 0) is 18.1 Å². The Morgan fingerprint density at radius 1 is 1.12 bits per heavy atom. The van der Waals surface area contributed by atoms with Crippen LogP contribution in [0.1, 0.15) is 24.0 Å². The second-order valence-electron chi connectivity index (χ2n) is 6.68. The fraction of sp³-hybridized carbons (Fsp3) is 0.381. The molecule has 4 heteroatoms. The maximum atomic E-state index is 12.4. The molecule has 1 aliphatic heterocycles. The van der Waals surface area contributed by atoms with Crippen LogP contribution >= 0.6 is 0 Å². The van der Waals surface area contributed by atoms with Crippen molar-refractivity contribution in [3.05, 3.63) is 71.8 Å². The Kier molecular flexibility index (Phi) is 5.84. The third-order valence-corrected chi connectivity index (χ3v) is 5.04. The summed E-state index contributed by atoms with van der Waals surface area (Å²) >= 11 is 0. The Balaban J connectivity index is 1.60. The monoisotopic (exact) mass is 339 g/mol. The molecule has 0 amide bonds. The smallest absolute Gasteiger partial charge is 0.323 e. The van der Waals surface area contributed by atoms with Crippen LogP contribution in [-0.2, 0) is 16.1 Å². The lowest BCUT2D eigenvalue weighted by Crippen LogP contribution is -2.38.